The summed E-state index contributed by atoms with van der Waals surface area (Å²) in [6, 6.07) is 0.948. The number of rotatable bonds is 6. The molecule has 6 nitrogen and oxygen atoms in total. The van der Waals surface area contributed by atoms with Crippen LogP contribution < -0.4 is 10.2 Å². The van der Waals surface area contributed by atoms with Crippen LogP contribution in [-0.4, -0.2) is 42.0 Å². The van der Waals surface area contributed by atoms with Crippen molar-refractivity contribution in [2.24, 2.45) is 0 Å². The van der Waals surface area contributed by atoms with Crippen molar-refractivity contribution in [2.45, 2.75) is 52.3 Å². The second-order valence-corrected chi connectivity index (χ2v) is 5.01. The van der Waals surface area contributed by atoms with E-state index in [2.05, 4.69) is 41.2 Å². The summed E-state index contributed by atoms with van der Waals surface area (Å²) in [6.45, 7) is 9.48. The molecule has 0 bridgehead atoms. The van der Waals surface area contributed by atoms with Crippen molar-refractivity contribution >= 4 is 6.01 Å². The third-order valence-electron chi connectivity index (χ3n) is 3.34. The molecule has 19 heavy (non-hydrogen) atoms. The normalized spacial score (nSPS) is 23.8. The highest BCUT2D eigenvalue weighted by Gasteiger charge is 2.29. The molecule has 2 rings (SSSR count). The summed E-state index contributed by atoms with van der Waals surface area (Å²) < 4.78 is 11.4. The van der Waals surface area contributed by atoms with Crippen LogP contribution in [0.1, 0.15) is 39.5 Å². The number of aromatic nitrogens is 2. The van der Waals surface area contributed by atoms with Gasteiger partial charge in [0.05, 0.1) is 25.3 Å². The Balaban J connectivity index is 1.99. The summed E-state index contributed by atoms with van der Waals surface area (Å²) in [5, 5.41) is 11.5. The molecule has 0 saturated carbocycles. The van der Waals surface area contributed by atoms with Gasteiger partial charge in [-0.15, -0.1) is 5.10 Å². The fourth-order valence-electron chi connectivity index (χ4n) is 2.22. The van der Waals surface area contributed by atoms with Crippen LogP contribution in [0.5, 0.6) is 0 Å². The van der Waals surface area contributed by atoms with E-state index >= 15 is 0 Å². The first-order valence-electron chi connectivity index (χ1n) is 7.15. The number of ether oxygens (including phenoxy) is 1. The molecule has 0 aromatic carbocycles. The SMILES string of the molecule is CCCNCc1nnc(N2CC(C)OCC2CC)o1. The second-order valence-electron chi connectivity index (χ2n) is 5.01. The van der Waals surface area contributed by atoms with Crippen LogP contribution in [0, 0.1) is 0 Å². The molecule has 1 aromatic heterocycles. The number of nitrogens with zero attached hydrogens (tertiary/aromatic N) is 3. The zero-order chi connectivity index (χ0) is 13.7. The maximum atomic E-state index is 5.74. The average Bonchev–Trinajstić information content (AvgIpc) is 2.88. The lowest BCUT2D eigenvalue weighted by molar-refractivity contribution is 0.0277. The number of nitrogens with one attached hydrogen (secondary N) is 1. The van der Waals surface area contributed by atoms with Crippen LogP contribution in [0.4, 0.5) is 6.01 Å². The molecule has 0 radical (unpaired) electrons. The van der Waals surface area contributed by atoms with Crippen molar-refractivity contribution in [1.82, 2.24) is 15.5 Å². The molecule has 2 atom stereocenters. The predicted molar refractivity (Wildman–Crippen MR) is 73.1 cm³/mol. The quantitative estimate of drug-likeness (QED) is 0.790. The van der Waals surface area contributed by atoms with E-state index < -0.39 is 0 Å². The molecule has 6 heteroatoms. The zero-order valence-corrected chi connectivity index (χ0v) is 12.1. The molecule has 108 valence electrons. The molecular weight excluding hydrogens is 244 g/mol. The summed E-state index contributed by atoms with van der Waals surface area (Å²) in [6.07, 6.45) is 2.31. The minimum absolute atomic E-state index is 0.205. The Hall–Kier alpha value is -1.14. The van der Waals surface area contributed by atoms with Crippen LogP contribution >= 0.6 is 0 Å². The molecule has 1 fully saturated rings. The van der Waals surface area contributed by atoms with E-state index in [0.717, 1.165) is 32.5 Å². The van der Waals surface area contributed by atoms with E-state index in [9.17, 15) is 0 Å². The molecule has 2 unspecified atom stereocenters. The number of morpholine rings is 1. The van der Waals surface area contributed by atoms with Gasteiger partial charge in [-0.3, -0.25) is 0 Å². The van der Waals surface area contributed by atoms with Gasteiger partial charge in [-0.1, -0.05) is 18.9 Å². The van der Waals surface area contributed by atoms with Gasteiger partial charge in [0.15, 0.2) is 0 Å². The van der Waals surface area contributed by atoms with Gasteiger partial charge >= 0.3 is 6.01 Å². The summed E-state index contributed by atoms with van der Waals surface area (Å²) in [4.78, 5) is 2.17. The first-order chi connectivity index (χ1) is 9.24. The fourth-order valence-corrected chi connectivity index (χ4v) is 2.22. The predicted octanol–water partition coefficient (Wildman–Crippen LogP) is 1.57. The van der Waals surface area contributed by atoms with Crippen molar-refractivity contribution in [3.63, 3.8) is 0 Å². The molecule has 1 aliphatic rings. The molecule has 1 aromatic rings. The van der Waals surface area contributed by atoms with Crippen molar-refractivity contribution in [1.29, 1.82) is 0 Å². The Morgan fingerprint density at radius 2 is 2.21 bits per heavy atom. The van der Waals surface area contributed by atoms with Crippen molar-refractivity contribution < 1.29 is 9.15 Å². The summed E-state index contributed by atoms with van der Waals surface area (Å²) in [5.41, 5.74) is 0. The average molecular weight is 268 g/mol. The van der Waals surface area contributed by atoms with Crippen LogP contribution in [-0.2, 0) is 11.3 Å². The van der Waals surface area contributed by atoms with Crippen molar-refractivity contribution in [3.8, 4) is 0 Å². The Bertz CT molecular complexity index is 382. The first kappa shape index (κ1) is 14.3. The lowest BCUT2D eigenvalue weighted by Crippen LogP contribution is -2.48. The highest BCUT2D eigenvalue weighted by molar-refractivity contribution is 5.28. The lowest BCUT2D eigenvalue weighted by atomic mass is 10.1. The van der Waals surface area contributed by atoms with Crippen LogP contribution in [0.15, 0.2) is 4.42 Å². The maximum absolute atomic E-state index is 5.74. The second kappa shape index (κ2) is 6.86. The lowest BCUT2D eigenvalue weighted by Gasteiger charge is -2.36. The molecule has 1 N–H and O–H groups in total. The molecular formula is C13H24N4O2. The van der Waals surface area contributed by atoms with E-state index in [1.54, 1.807) is 0 Å². The van der Waals surface area contributed by atoms with E-state index in [4.69, 9.17) is 9.15 Å². The topological polar surface area (TPSA) is 63.4 Å². The Kier molecular flexibility index (Phi) is 5.15. The molecule has 0 spiro atoms. The van der Waals surface area contributed by atoms with Gasteiger partial charge in [-0.25, -0.2) is 0 Å². The molecule has 0 amide bonds. The molecule has 0 aliphatic carbocycles. The van der Waals surface area contributed by atoms with Crippen LogP contribution in [0.25, 0.3) is 0 Å². The van der Waals surface area contributed by atoms with E-state index in [0.29, 0.717) is 24.5 Å². The van der Waals surface area contributed by atoms with Gasteiger partial charge in [0.1, 0.15) is 0 Å². The van der Waals surface area contributed by atoms with Gasteiger partial charge in [0, 0.05) is 6.54 Å². The summed E-state index contributed by atoms with van der Waals surface area (Å²) >= 11 is 0. The monoisotopic (exact) mass is 268 g/mol. The van der Waals surface area contributed by atoms with Gasteiger partial charge in [-0.05, 0) is 26.3 Å². The Labute approximate surface area is 114 Å². The van der Waals surface area contributed by atoms with Gasteiger partial charge in [0.2, 0.25) is 5.89 Å². The number of anilines is 1. The third kappa shape index (κ3) is 3.67. The standard InChI is InChI=1S/C13H24N4O2/c1-4-6-14-7-12-15-16-13(19-12)17-8-10(3)18-9-11(17)5-2/h10-11,14H,4-9H2,1-3H3. The highest BCUT2D eigenvalue weighted by atomic mass is 16.5. The number of hydrogen-bond acceptors (Lipinski definition) is 6. The Morgan fingerprint density at radius 1 is 1.37 bits per heavy atom. The van der Waals surface area contributed by atoms with Gasteiger partial charge in [0.25, 0.3) is 0 Å². The summed E-state index contributed by atoms with van der Waals surface area (Å²) in [7, 11) is 0. The fraction of sp³-hybridized carbons (Fsp3) is 0.846. The number of hydrogen-bond donors (Lipinski definition) is 1. The summed E-state index contributed by atoms with van der Waals surface area (Å²) in [5.74, 6) is 0.650. The van der Waals surface area contributed by atoms with E-state index in [1.165, 1.54) is 0 Å². The van der Waals surface area contributed by atoms with Crippen LogP contribution in [0.2, 0.25) is 0 Å². The minimum atomic E-state index is 0.205. The molecule has 1 aliphatic heterocycles. The van der Waals surface area contributed by atoms with Gasteiger partial charge < -0.3 is 19.4 Å². The highest BCUT2D eigenvalue weighted by Crippen LogP contribution is 2.22. The maximum Gasteiger partial charge on any atom is 0.318 e. The van der Waals surface area contributed by atoms with E-state index in [1.807, 2.05) is 0 Å². The first-order valence-corrected chi connectivity index (χ1v) is 7.15. The van der Waals surface area contributed by atoms with Gasteiger partial charge in [-0.2, -0.15) is 0 Å². The third-order valence-corrected chi connectivity index (χ3v) is 3.34. The zero-order valence-electron chi connectivity index (χ0n) is 12.1. The van der Waals surface area contributed by atoms with E-state index in [-0.39, 0.29) is 6.10 Å². The Morgan fingerprint density at radius 3 is 2.95 bits per heavy atom. The molecule has 2 heterocycles. The minimum Gasteiger partial charge on any atom is -0.407 e. The van der Waals surface area contributed by atoms with Crippen molar-refractivity contribution in [2.75, 3.05) is 24.6 Å². The molecule has 1 saturated heterocycles. The van der Waals surface area contributed by atoms with Crippen molar-refractivity contribution in [3.05, 3.63) is 5.89 Å². The smallest absolute Gasteiger partial charge is 0.318 e. The largest absolute Gasteiger partial charge is 0.407 e. The van der Waals surface area contributed by atoms with Crippen LogP contribution in [0.3, 0.4) is 0 Å².